The van der Waals surface area contributed by atoms with E-state index in [0.29, 0.717) is 19.5 Å². The number of para-hydroxylation sites is 1. The molecule has 1 aliphatic heterocycles. The molecule has 0 atom stereocenters. The molecule has 0 unspecified atom stereocenters. The van der Waals surface area contributed by atoms with E-state index in [1.807, 2.05) is 75.4 Å². The molecule has 1 amide bonds. The van der Waals surface area contributed by atoms with Crippen LogP contribution < -0.4 is 0 Å². The van der Waals surface area contributed by atoms with Gasteiger partial charge >= 0.3 is 12.2 Å². The Labute approximate surface area is 211 Å². The van der Waals surface area contributed by atoms with Crippen molar-refractivity contribution in [2.45, 2.75) is 59.8 Å². The van der Waals surface area contributed by atoms with Crippen LogP contribution in [0.1, 0.15) is 48.6 Å². The normalized spacial score (nSPS) is 13.6. The third-order valence-corrected chi connectivity index (χ3v) is 6.89. The minimum atomic E-state index is -0.605. The molecule has 2 heterocycles. The molecule has 6 heteroatoms. The smallest absolute Gasteiger partial charge is 0.419 e. The molecule has 4 aromatic rings. The number of hydrogen-bond acceptors (Lipinski definition) is 4. The highest BCUT2D eigenvalue weighted by Crippen LogP contribution is 2.39. The van der Waals surface area contributed by atoms with Gasteiger partial charge in [-0.15, -0.1) is 0 Å². The molecule has 6 nitrogen and oxygen atoms in total. The van der Waals surface area contributed by atoms with Crippen molar-refractivity contribution in [2.75, 3.05) is 6.54 Å². The molecule has 0 saturated heterocycles. The summed E-state index contributed by atoms with van der Waals surface area (Å²) >= 11 is 0. The largest absolute Gasteiger partial charge is 0.445 e. The molecule has 0 radical (unpaired) electrons. The lowest BCUT2D eigenvalue weighted by atomic mass is 9.88. The molecule has 3 aromatic carbocycles. The summed E-state index contributed by atoms with van der Waals surface area (Å²) in [5.41, 5.74) is 6.56. The zero-order chi connectivity index (χ0) is 25.6. The topological polar surface area (TPSA) is 60.8 Å². The number of ether oxygens (including phenoxy) is 2. The number of fused-ring (bicyclic) bond motifs is 4. The van der Waals surface area contributed by atoms with Crippen molar-refractivity contribution in [1.29, 1.82) is 0 Å². The van der Waals surface area contributed by atoms with E-state index in [1.54, 1.807) is 9.47 Å². The van der Waals surface area contributed by atoms with Gasteiger partial charge in [-0.25, -0.2) is 14.2 Å². The highest BCUT2D eigenvalue weighted by atomic mass is 16.6. The summed E-state index contributed by atoms with van der Waals surface area (Å²) in [4.78, 5) is 28.1. The van der Waals surface area contributed by atoms with Gasteiger partial charge < -0.3 is 14.4 Å². The molecule has 0 saturated carbocycles. The molecule has 0 spiro atoms. The van der Waals surface area contributed by atoms with Crippen molar-refractivity contribution in [1.82, 2.24) is 9.47 Å². The SMILES string of the molecule is Cc1c2c(c(C)c3c1c1ccccc1n3C(=O)OC(C)(C)C)CCN(C(=O)OCc1ccccc1)C2. The number of benzene rings is 3. The van der Waals surface area contributed by atoms with Gasteiger partial charge in [-0.2, -0.15) is 0 Å². The Morgan fingerprint density at radius 2 is 1.58 bits per heavy atom. The fourth-order valence-electron chi connectivity index (χ4n) is 5.25. The fourth-order valence-corrected chi connectivity index (χ4v) is 5.25. The molecule has 0 bridgehead atoms. The maximum absolute atomic E-state index is 13.4. The molecular formula is C30H32N2O4. The number of carbonyl (C=O) groups excluding carboxylic acids is 2. The van der Waals surface area contributed by atoms with E-state index in [1.165, 1.54) is 5.56 Å². The summed E-state index contributed by atoms with van der Waals surface area (Å²) in [6, 6.07) is 17.7. The number of aryl methyl sites for hydroxylation is 2. The maximum atomic E-state index is 13.4. The van der Waals surface area contributed by atoms with Crippen molar-refractivity contribution in [3.8, 4) is 0 Å². The Kier molecular flexibility index (Phi) is 5.99. The molecule has 1 aliphatic rings. The quantitative estimate of drug-likeness (QED) is 0.311. The number of rotatable bonds is 2. The second kappa shape index (κ2) is 9.01. The Morgan fingerprint density at radius 1 is 0.889 bits per heavy atom. The van der Waals surface area contributed by atoms with Gasteiger partial charge in [0.15, 0.2) is 0 Å². The van der Waals surface area contributed by atoms with E-state index in [-0.39, 0.29) is 18.8 Å². The standard InChI is InChI=1S/C30H32N2O4/c1-19-24-17-31(28(33)35-18-21-11-7-6-8-12-21)16-15-22(24)20(2)27-26(19)23-13-9-10-14-25(23)32(27)29(34)36-30(3,4)5/h6-14H,15-18H2,1-5H3. The lowest BCUT2D eigenvalue weighted by molar-refractivity contribution is 0.0551. The molecule has 186 valence electrons. The van der Waals surface area contributed by atoms with Gasteiger partial charge in [-0.05, 0) is 74.9 Å². The van der Waals surface area contributed by atoms with Crippen LogP contribution >= 0.6 is 0 Å². The predicted octanol–water partition coefficient (Wildman–Crippen LogP) is 6.89. The number of carbonyl (C=O) groups is 2. The Bertz CT molecular complexity index is 1480. The van der Waals surface area contributed by atoms with Gasteiger partial charge in [0.05, 0.1) is 11.0 Å². The average molecular weight is 485 g/mol. The third kappa shape index (κ3) is 4.21. The van der Waals surface area contributed by atoms with Crippen LogP contribution in [0.15, 0.2) is 54.6 Å². The third-order valence-electron chi connectivity index (χ3n) is 6.89. The Balaban J connectivity index is 1.55. The first kappa shape index (κ1) is 23.9. The van der Waals surface area contributed by atoms with Gasteiger partial charge in [0, 0.05) is 23.9 Å². The van der Waals surface area contributed by atoms with E-state index < -0.39 is 5.60 Å². The maximum Gasteiger partial charge on any atom is 0.419 e. The summed E-state index contributed by atoms with van der Waals surface area (Å²) < 4.78 is 13.1. The van der Waals surface area contributed by atoms with Gasteiger partial charge in [0.2, 0.25) is 0 Å². The molecule has 1 aromatic heterocycles. The Hall–Kier alpha value is -3.80. The first-order valence-corrected chi connectivity index (χ1v) is 12.4. The van der Waals surface area contributed by atoms with Gasteiger partial charge in [0.25, 0.3) is 0 Å². The molecule has 36 heavy (non-hydrogen) atoms. The first-order valence-electron chi connectivity index (χ1n) is 12.4. The number of nitrogens with zero attached hydrogens (tertiary/aromatic N) is 2. The van der Waals surface area contributed by atoms with Crippen molar-refractivity contribution in [2.24, 2.45) is 0 Å². The molecule has 0 N–H and O–H groups in total. The lowest BCUT2D eigenvalue weighted by Crippen LogP contribution is -2.37. The van der Waals surface area contributed by atoms with Crippen LogP contribution in [0.4, 0.5) is 9.59 Å². The van der Waals surface area contributed by atoms with Gasteiger partial charge in [-0.1, -0.05) is 48.5 Å². The summed E-state index contributed by atoms with van der Waals surface area (Å²) in [5.74, 6) is 0. The summed E-state index contributed by atoms with van der Waals surface area (Å²) in [5, 5.41) is 2.04. The van der Waals surface area contributed by atoms with Gasteiger partial charge in [0.1, 0.15) is 12.2 Å². The van der Waals surface area contributed by atoms with Crippen LogP contribution in [0.3, 0.4) is 0 Å². The summed E-state index contributed by atoms with van der Waals surface area (Å²) in [6.45, 7) is 11.1. The highest BCUT2D eigenvalue weighted by molar-refractivity contribution is 6.15. The number of hydrogen-bond donors (Lipinski definition) is 0. The lowest BCUT2D eigenvalue weighted by Gasteiger charge is -2.31. The van der Waals surface area contributed by atoms with Crippen molar-refractivity contribution in [3.05, 3.63) is 82.4 Å². The molecule has 5 rings (SSSR count). The average Bonchev–Trinajstić information content (AvgIpc) is 3.21. The van der Waals surface area contributed by atoms with E-state index in [4.69, 9.17) is 9.47 Å². The van der Waals surface area contributed by atoms with E-state index in [0.717, 1.165) is 44.1 Å². The monoisotopic (exact) mass is 484 g/mol. The zero-order valence-corrected chi connectivity index (χ0v) is 21.6. The van der Waals surface area contributed by atoms with Crippen LogP contribution in [0.2, 0.25) is 0 Å². The zero-order valence-electron chi connectivity index (χ0n) is 21.6. The summed E-state index contributed by atoms with van der Waals surface area (Å²) in [7, 11) is 0. The van der Waals surface area contributed by atoms with Crippen LogP contribution in [-0.2, 0) is 29.0 Å². The van der Waals surface area contributed by atoms with E-state index >= 15 is 0 Å². The molecular weight excluding hydrogens is 452 g/mol. The highest BCUT2D eigenvalue weighted by Gasteiger charge is 2.30. The molecule has 0 fully saturated rings. The molecule has 0 aliphatic carbocycles. The van der Waals surface area contributed by atoms with Crippen LogP contribution in [0.25, 0.3) is 21.8 Å². The van der Waals surface area contributed by atoms with Crippen LogP contribution in [0, 0.1) is 13.8 Å². The van der Waals surface area contributed by atoms with E-state index in [9.17, 15) is 9.59 Å². The summed E-state index contributed by atoms with van der Waals surface area (Å²) in [6.07, 6.45) is 0.0183. The van der Waals surface area contributed by atoms with E-state index in [2.05, 4.69) is 13.8 Å². The first-order chi connectivity index (χ1) is 17.2. The second-order valence-corrected chi connectivity index (χ2v) is 10.5. The Morgan fingerprint density at radius 3 is 2.31 bits per heavy atom. The predicted molar refractivity (Wildman–Crippen MR) is 141 cm³/mol. The second-order valence-electron chi connectivity index (χ2n) is 10.5. The van der Waals surface area contributed by atoms with Crippen LogP contribution in [0.5, 0.6) is 0 Å². The minimum absolute atomic E-state index is 0.253. The van der Waals surface area contributed by atoms with Crippen molar-refractivity contribution in [3.63, 3.8) is 0 Å². The number of amides is 1. The van der Waals surface area contributed by atoms with Crippen molar-refractivity contribution < 1.29 is 19.1 Å². The minimum Gasteiger partial charge on any atom is -0.445 e. The number of aromatic nitrogens is 1. The van der Waals surface area contributed by atoms with Crippen molar-refractivity contribution >= 4 is 34.0 Å². The fraction of sp³-hybridized carbons (Fsp3) is 0.333. The van der Waals surface area contributed by atoms with Gasteiger partial charge in [-0.3, -0.25) is 0 Å². The van der Waals surface area contributed by atoms with Crippen LogP contribution in [-0.4, -0.2) is 33.8 Å².